The molecule has 0 heterocycles. The van der Waals surface area contributed by atoms with Gasteiger partial charge < -0.3 is 35.8 Å². The zero-order valence-electron chi connectivity index (χ0n) is 16.6. The molecular weight excluding hydrogens is 422 g/mol. The largest absolute Gasteiger partial charge is 0.378 e. The van der Waals surface area contributed by atoms with Crippen LogP contribution >= 0.6 is 11.8 Å². The Morgan fingerprint density at radius 1 is 1.00 bits per heavy atom. The number of unbranched alkanes of at least 4 members (excludes halogenated alkanes) is 1. The zero-order valence-corrected chi connectivity index (χ0v) is 18.3. The molecule has 0 aromatic carbocycles. The predicted octanol–water partition coefficient (Wildman–Crippen LogP) is -1.49. The van der Waals surface area contributed by atoms with E-state index in [2.05, 4.69) is 5.32 Å². The molecule has 170 valence electrons. The summed E-state index contributed by atoms with van der Waals surface area (Å²) in [7, 11) is -3.22. The van der Waals surface area contributed by atoms with Gasteiger partial charge in [0.25, 0.3) is 0 Å². The van der Waals surface area contributed by atoms with Crippen LogP contribution in [0.2, 0.25) is 0 Å². The van der Waals surface area contributed by atoms with Crippen molar-refractivity contribution in [2.75, 3.05) is 56.0 Å². The summed E-state index contributed by atoms with van der Waals surface area (Å²) in [4.78, 5) is 32.3. The molecule has 0 saturated carbocycles. The lowest BCUT2D eigenvalue weighted by molar-refractivity contribution is -0.126. The third kappa shape index (κ3) is 18.7. The first-order valence-corrected chi connectivity index (χ1v) is 12.4. The number of aldehydes is 2. The van der Waals surface area contributed by atoms with Gasteiger partial charge in [0.15, 0.2) is 9.84 Å². The Labute approximate surface area is 176 Å². The van der Waals surface area contributed by atoms with E-state index >= 15 is 0 Å². The van der Waals surface area contributed by atoms with Crippen LogP contribution in [0, 0.1) is 0 Å². The van der Waals surface area contributed by atoms with Gasteiger partial charge in [0.2, 0.25) is 5.91 Å². The Kier molecular flexibility index (Phi) is 17.1. The van der Waals surface area contributed by atoms with Gasteiger partial charge in [0.1, 0.15) is 19.2 Å². The van der Waals surface area contributed by atoms with Gasteiger partial charge in [-0.15, -0.1) is 0 Å². The first-order valence-electron chi connectivity index (χ1n) is 9.43. The highest BCUT2D eigenvalue weighted by Gasteiger charge is 2.11. The van der Waals surface area contributed by atoms with E-state index in [0.717, 1.165) is 12.8 Å². The number of nitrogens with two attached hydrogens (primary N) is 2. The molecule has 2 atom stereocenters. The van der Waals surface area contributed by atoms with Gasteiger partial charge in [0.05, 0.1) is 43.4 Å². The first kappa shape index (κ1) is 27.9. The van der Waals surface area contributed by atoms with E-state index in [1.807, 2.05) is 0 Å². The molecule has 5 N–H and O–H groups in total. The van der Waals surface area contributed by atoms with Crippen molar-refractivity contribution in [1.29, 1.82) is 0 Å². The van der Waals surface area contributed by atoms with Gasteiger partial charge in [-0.3, -0.25) is 4.79 Å². The van der Waals surface area contributed by atoms with Crippen molar-refractivity contribution in [2.24, 2.45) is 11.5 Å². The Bertz CT molecular complexity index is 561. The van der Waals surface area contributed by atoms with Crippen molar-refractivity contribution in [3.63, 3.8) is 0 Å². The van der Waals surface area contributed by atoms with Crippen molar-refractivity contribution in [3.8, 4) is 0 Å². The summed E-state index contributed by atoms with van der Waals surface area (Å²) in [5, 5.41) is 2.69. The van der Waals surface area contributed by atoms with Gasteiger partial charge in [-0.05, 0) is 19.3 Å². The van der Waals surface area contributed by atoms with E-state index in [1.165, 1.54) is 11.8 Å². The van der Waals surface area contributed by atoms with Crippen LogP contribution in [0.3, 0.4) is 0 Å². The van der Waals surface area contributed by atoms with E-state index in [-0.39, 0.29) is 43.8 Å². The SMILES string of the molecule is NC(C=O)CCCCNC(=O)COCCOCCS(=O)(=O)CCSCC(N)C=O. The summed E-state index contributed by atoms with van der Waals surface area (Å²) in [6.45, 7) is 0.812. The smallest absolute Gasteiger partial charge is 0.245 e. The van der Waals surface area contributed by atoms with Gasteiger partial charge in [-0.25, -0.2) is 8.42 Å². The molecule has 0 fully saturated rings. The number of rotatable bonds is 20. The van der Waals surface area contributed by atoms with Crippen LogP contribution in [0.4, 0.5) is 0 Å². The molecule has 12 heteroatoms. The standard InChI is InChI=1S/C17H33N3O7S2/c18-15(11-21)3-1-2-4-20-17(23)13-27-6-5-26-7-9-29(24,25)10-8-28-14-16(19)12-22/h11-12,15-16H,1-10,13-14,18-19H2,(H,20,23). The monoisotopic (exact) mass is 455 g/mol. The number of sulfone groups is 1. The quantitative estimate of drug-likeness (QED) is 0.145. The second-order valence-electron chi connectivity index (χ2n) is 6.34. The van der Waals surface area contributed by atoms with Crippen LogP contribution in [0.1, 0.15) is 19.3 Å². The Hall–Kier alpha value is -1.05. The van der Waals surface area contributed by atoms with Crippen molar-refractivity contribution in [1.82, 2.24) is 5.32 Å². The Morgan fingerprint density at radius 2 is 1.69 bits per heavy atom. The topological polar surface area (TPSA) is 168 Å². The molecule has 29 heavy (non-hydrogen) atoms. The number of carbonyl (C=O) groups is 3. The van der Waals surface area contributed by atoms with Crippen molar-refractivity contribution in [2.45, 2.75) is 31.3 Å². The minimum atomic E-state index is -3.22. The number of hydrogen-bond donors (Lipinski definition) is 3. The summed E-state index contributed by atoms with van der Waals surface area (Å²) in [6.07, 6.45) is 3.42. The van der Waals surface area contributed by atoms with E-state index < -0.39 is 21.9 Å². The van der Waals surface area contributed by atoms with Crippen LogP contribution in [-0.2, 0) is 33.7 Å². The summed E-state index contributed by atoms with van der Waals surface area (Å²) in [5.41, 5.74) is 10.9. The lowest BCUT2D eigenvalue weighted by atomic mass is 10.1. The number of ether oxygens (including phenoxy) is 2. The fourth-order valence-corrected chi connectivity index (χ4v) is 4.55. The van der Waals surface area contributed by atoms with E-state index in [4.69, 9.17) is 20.9 Å². The van der Waals surface area contributed by atoms with Crippen LogP contribution in [0.25, 0.3) is 0 Å². The minimum absolute atomic E-state index is 0.00432. The molecule has 2 unspecified atom stereocenters. The van der Waals surface area contributed by atoms with Crippen LogP contribution < -0.4 is 16.8 Å². The number of amides is 1. The Morgan fingerprint density at radius 3 is 2.38 bits per heavy atom. The second-order valence-corrected chi connectivity index (χ2v) is 9.79. The summed E-state index contributed by atoms with van der Waals surface area (Å²) in [6, 6.07) is -1.02. The normalized spacial score (nSPS) is 13.6. The fraction of sp³-hybridized carbons (Fsp3) is 0.824. The molecule has 0 rings (SSSR count). The average molecular weight is 456 g/mol. The van der Waals surface area contributed by atoms with Gasteiger partial charge in [-0.1, -0.05) is 0 Å². The molecule has 0 aromatic heterocycles. The average Bonchev–Trinajstić information content (AvgIpc) is 2.69. The summed E-state index contributed by atoms with van der Waals surface area (Å²) in [5.74, 6) is 0.436. The lowest BCUT2D eigenvalue weighted by Gasteiger charge is -2.08. The van der Waals surface area contributed by atoms with Gasteiger partial charge >= 0.3 is 0 Å². The lowest BCUT2D eigenvalue weighted by Crippen LogP contribution is -2.29. The van der Waals surface area contributed by atoms with Gasteiger partial charge in [0, 0.05) is 18.1 Å². The fourth-order valence-electron chi connectivity index (χ4n) is 1.97. The number of thioether (sulfide) groups is 1. The molecule has 10 nitrogen and oxygen atoms in total. The molecule has 0 aliphatic carbocycles. The van der Waals surface area contributed by atoms with Crippen LogP contribution in [-0.4, -0.2) is 95.0 Å². The van der Waals surface area contributed by atoms with E-state index in [1.54, 1.807) is 0 Å². The summed E-state index contributed by atoms with van der Waals surface area (Å²) < 4.78 is 34.0. The minimum Gasteiger partial charge on any atom is -0.378 e. The molecule has 0 radical (unpaired) electrons. The van der Waals surface area contributed by atoms with E-state index in [9.17, 15) is 22.8 Å². The third-order valence-electron chi connectivity index (χ3n) is 3.63. The molecule has 0 spiro atoms. The molecule has 0 aromatic rings. The maximum absolute atomic E-state index is 11.8. The maximum Gasteiger partial charge on any atom is 0.245 e. The number of hydrogen-bond acceptors (Lipinski definition) is 10. The highest BCUT2D eigenvalue weighted by molar-refractivity contribution is 8.00. The number of carbonyl (C=O) groups excluding carboxylic acids is 3. The van der Waals surface area contributed by atoms with Crippen LogP contribution in [0.5, 0.6) is 0 Å². The highest BCUT2D eigenvalue weighted by atomic mass is 32.2. The van der Waals surface area contributed by atoms with Crippen molar-refractivity contribution < 1.29 is 32.3 Å². The third-order valence-corrected chi connectivity index (χ3v) is 6.62. The van der Waals surface area contributed by atoms with Crippen LogP contribution in [0.15, 0.2) is 0 Å². The second kappa shape index (κ2) is 17.8. The predicted molar refractivity (Wildman–Crippen MR) is 113 cm³/mol. The first-order chi connectivity index (χ1) is 13.8. The molecule has 1 amide bonds. The molecule has 0 aliphatic heterocycles. The van der Waals surface area contributed by atoms with Crippen molar-refractivity contribution in [3.05, 3.63) is 0 Å². The highest BCUT2D eigenvalue weighted by Crippen LogP contribution is 2.03. The molecule has 0 saturated heterocycles. The molecular formula is C17H33N3O7S2. The molecule has 0 bridgehead atoms. The Balaban J connectivity index is 3.53. The van der Waals surface area contributed by atoms with Gasteiger partial charge in [-0.2, -0.15) is 11.8 Å². The van der Waals surface area contributed by atoms with Crippen molar-refractivity contribution >= 4 is 40.1 Å². The maximum atomic E-state index is 11.8. The zero-order chi connectivity index (χ0) is 22.0. The summed E-state index contributed by atoms with van der Waals surface area (Å²) >= 11 is 1.32. The van der Waals surface area contributed by atoms with E-state index in [0.29, 0.717) is 37.0 Å². The number of nitrogens with one attached hydrogen (secondary N) is 1. The molecule has 0 aliphatic rings.